The zero-order valence-electron chi connectivity index (χ0n) is 14.6. The number of aromatic nitrogens is 2. The molecule has 0 spiro atoms. The Labute approximate surface area is 151 Å². The summed E-state index contributed by atoms with van der Waals surface area (Å²) in [5.74, 6) is 2.11. The van der Waals surface area contributed by atoms with Crippen LogP contribution in [-0.2, 0) is 0 Å². The number of H-pyrrole nitrogens is 1. The average molecular weight is 343 g/mol. The van der Waals surface area contributed by atoms with Gasteiger partial charge in [-0.05, 0) is 61.7 Å². The summed E-state index contributed by atoms with van der Waals surface area (Å²) in [5, 5.41) is 1.26. The molecule has 130 valence electrons. The number of fused-ring (bicyclic) bond motifs is 6. The van der Waals surface area contributed by atoms with Gasteiger partial charge in [-0.25, -0.2) is 4.98 Å². The lowest BCUT2D eigenvalue weighted by Gasteiger charge is -2.44. The molecule has 2 aromatic heterocycles. The van der Waals surface area contributed by atoms with Crippen molar-refractivity contribution in [2.45, 2.75) is 18.8 Å². The van der Waals surface area contributed by atoms with Crippen LogP contribution in [0.15, 0.2) is 53.1 Å². The van der Waals surface area contributed by atoms with Crippen molar-refractivity contribution in [3.63, 3.8) is 0 Å². The minimum atomic E-state index is 0.605. The summed E-state index contributed by atoms with van der Waals surface area (Å²) in [4.78, 5) is 11.0. The summed E-state index contributed by atoms with van der Waals surface area (Å²) in [6.45, 7) is 3.71. The molecule has 1 N–H and O–H groups in total. The lowest BCUT2D eigenvalue weighted by Crippen LogP contribution is -2.46. The Balaban J connectivity index is 1.54. The summed E-state index contributed by atoms with van der Waals surface area (Å²) in [5.41, 5.74) is 5.48. The highest BCUT2D eigenvalue weighted by Crippen LogP contribution is 2.43. The highest BCUT2D eigenvalue weighted by Gasteiger charge is 2.36. The molecule has 5 heterocycles. The summed E-state index contributed by atoms with van der Waals surface area (Å²) in [6, 6.07) is 14.3. The van der Waals surface area contributed by atoms with Crippen LogP contribution < -0.4 is 0 Å². The molecule has 0 radical (unpaired) electrons. The topological polar surface area (TPSA) is 45.1 Å². The van der Waals surface area contributed by atoms with Crippen molar-refractivity contribution in [1.82, 2.24) is 14.9 Å². The number of hydrogen-bond donors (Lipinski definition) is 1. The number of hydrogen-bond acceptors (Lipinski definition) is 3. The molecule has 1 unspecified atom stereocenters. The largest absolute Gasteiger partial charge is 0.436 e. The molecule has 7 rings (SSSR count). The normalized spacial score (nSPS) is 25.3. The molecule has 1 atom stereocenters. The first-order valence-corrected chi connectivity index (χ1v) is 9.55. The van der Waals surface area contributed by atoms with Gasteiger partial charge in [0.2, 0.25) is 5.89 Å². The second-order valence-electron chi connectivity index (χ2n) is 7.71. The molecule has 26 heavy (non-hydrogen) atoms. The highest BCUT2D eigenvalue weighted by atomic mass is 16.3. The van der Waals surface area contributed by atoms with Crippen LogP contribution in [0.2, 0.25) is 0 Å². The number of oxazole rings is 1. The van der Waals surface area contributed by atoms with E-state index in [4.69, 9.17) is 9.40 Å². The van der Waals surface area contributed by atoms with E-state index < -0.39 is 0 Å². The number of piperidine rings is 3. The van der Waals surface area contributed by atoms with Crippen LogP contribution in [0.3, 0.4) is 0 Å². The summed E-state index contributed by atoms with van der Waals surface area (Å²) in [6.07, 6.45) is 4.86. The van der Waals surface area contributed by atoms with Gasteiger partial charge in [0.1, 0.15) is 5.52 Å². The van der Waals surface area contributed by atoms with E-state index >= 15 is 0 Å². The minimum Gasteiger partial charge on any atom is -0.436 e. The lowest BCUT2D eigenvalue weighted by molar-refractivity contribution is 0.0877. The molecule has 4 heteroatoms. The number of nitrogens with one attached hydrogen (secondary N) is 1. The molecule has 4 nitrogen and oxygen atoms in total. The van der Waals surface area contributed by atoms with E-state index in [-0.39, 0.29) is 0 Å². The molecule has 3 aliphatic heterocycles. The van der Waals surface area contributed by atoms with Crippen molar-refractivity contribution in [3.05, 3.63) is 54.2 Å². The minimum absolute atomic E-state index is 0.605. The first-order valence-electron chi connectivity index (χ1n) is 9.55. The second kappa shape index (κ2) is 5.45. The Bertz CT molecular complexity index is 1090. The van der Waals surface area contributed by atoms with Gasteiger partial charge in [-0.1, -0.05) is 18.2 Å². The van der Waals surface area contributed by atoms with E-state index in [1.54, 1.807) is 0 Å². The van der Waals surface area contributed by atoms with E-state index in [9.17, 15) is 0 Å². The van der Waals surface area contributed by atoms with Crippen LogP contribution in [0.1, 0.15) is 24.3 Å². The van der Waals surface area contributed by atoms with Gasteiger partial charge < -0.3 is 14.3 Å². The van der Waals surface area contributed by atoms with Gasteiger partial charge in [-0.3, -0.25) is 0 Å². The number of rotatable bonds is 2. The lowest BCUT2D eigenvalue weighted by atomic mass is 9.75. The van der Waals surface area contributed by atoms with Crippen molar-refractivity contribution in [3.8, 4) is 11.5 Å². The van der Waals surface area contributed by atoms with Crippen LogP contribution in [0.5, 0.6) is 0 Å². The van der Waals surface area contributed by atoms with E-state index in [1.165, 1.54) is 43.4 Å². The van der Waals surface area contributed by atoms with Gasteiger partial charge in [0, 0.05) is 35.1 Å². The van der Waals surface area contributed by atoms with Crippen molar-refractivity contribution in [1.29, 1.82) is 0 Å². The fraction of sp³-hybridized carbons (Fsp3) is 0.318. The maximum absolute atomic E-state index is 6.10. The Morgan fingerprint density at radius 2 is 1.88 bits per heavy atom. The van der Waals surface area contributed by atoms with E-state index in [1.807, 2.05) is 36.4 Å². The SMILES string of the molecule is c1ccc(-c2nc3c(ccc4[nH]cc(C5CN6CCC5CC6)c43)o2)cc1. The molecular weight excluding hydrogens is 322 g/mol. The maximum atomic E-state index is 6.10. The fourth-order valence-electron chi connectivity index (χ4n) is 4.95. The molecule has 3 fully saturated rings. The zero-order chi connectivity index (χ0) is 17.1. The molecule has 3 saturated heterocycles. The molecule has 2 aromatic carbocycles. The third kappa shape index (κ3) is 2.08. The molecule has 0 aliphatic carbocycles. The molecule has 2 bridgehead atoms. The Morgan fingerprint density at radius 1 is 1.04 bits per heavy atom. The Kier molecular flexibility index (Phi) is 3.05. The van der Waals surface area contributed by atoms with Gasteiger partial charge in [0.05, 0.1) is 0 Å². The molecular formula is C22H21N3O. The second-order valence-corrected chi connectivity index (χ2v) is 7.71. The van der Waals surface area contributed by atoms with E-state index in [2.05, 4.69) is 22.1 Å². The fourth-order valence-corrected chi connectivity index (χ4v) is 4.95. The molecule has 3 aliphatic rings. The van der Waals surface area contributed by atoms with Crippen LogP contribution >= 0.6 is 0 Å². The quantitative estimate of drug-likeness (QED) is 0.569. The van der Waals surface area contributed by atoms with Crippen molar-refractivity contribution in [2.75, 3.05) is 19.6 Å². The van der Waals surface area contributed by atoms with Crippen LogP contribution in [-0.4, -0.2) is 34.5 Å². The van der Waals surface area contributed by atoms with E-state index in [0.29, 0.717) is 11.8 Å². The molecule has 0 saturated carbocycles. The Morgan fingerprint density at radius 3 is 2.65 bits per heavy atom. The maximum Gasteiger partial charge on any atom is 0.227 e. The number of benzene rings is 2. The number of nitrogens with zero attached hydrogens (tertiary/aromatic N) is 2. The monoisotopic (exact) mass is 343 g/mol. The Hall–Kier alpha value is -2.59. The van der Waals surface area contributed by atoms with Gasteiger partial charge in [0.15, 0.2) is 5.58 Å². The molecule has 4 aromatic rings. The average Bonchev–Trinajstić information content (AvgIpc) is 3.33. The smallest absolute Gasteiger partial charge is 0.227 e. The number of aromatic amines is 1. The first-order chi connectivity index (χ1) is 12.9. The summed E-state index contributed by atoms with van der Waals surface area (Å²) >= 11 is 0. The standard InChI is InChI=1S/C22H21N3O/c1-2-4-15(5-3-1)22-24-21-19(26-22)7-6-18-20(21)16(12-23-18)17-13-25-10-8-14(17)9-11-25/h1-7,12,14,17,23H,8-11,13H2. The van der Waals surface area contributed by atoms with Gasteiger partial charge in [0.25, 0.3) is 0 Å². The summed E-state index contributed by atoms with van der Waals surface area (Å²) < 4.78 is 6.10. The van der Waals surface area contributed by atoms with Crippen molar-refractivity contribution in [2.24, 2.45) is 5.92 Å². The van der Waals surface area contributed by atoms with Crippen LogP contribution in [0.4, 0.5) is 0 Å². The van der Waals surface area contributed by atoms with Crippen LogP contribution in [0, 0.1) is 5.92 Å². The van der Waals surface area contributed by atoms with Crippen LogP contribution in [0.25, 0.3) is 33.5 Å². The first kappa shape index (κ1) is 14.6. The van der Waals surface area contributed by atoms with Crippen molar-refractivity contribution < 1.29 is 4.42 Å². The van der Waals surface area contributed by atoms with Gasteiger partial charge >= 0.3 is 0 Å². The predicted molar refractivity (Wildman–Crippen MR) is 103 cm³/mol. The van der Waals surface area contributed by atoms with Gasteiger partial charge in [-0.2, -0.15) is 0 Å². The van der Waals surface area contributed by atoms with Gasteiger partial charge in [-0.15, -0.1) is 0 Å². The third-order valence-corrected chi connectivity index (χ3v) is 6.31. The molecule has 0 amide bonds. The summed E-state index contributed by atoms with van der Waals surface area (Å²) in [7, 11) is 0. The highest BCUT2D eigenvalue weighted by molar-refractivity contribution is 6.05. The van der Waals surface area contributed by atoms with E-state index in [0.717, 1.165) is 28.1 Å². The predicted octanol–water partition coefficient (Wildman–Crippen LogP) is 4.79. The zero-order valence-corrected chi connectivity index (χ0v) is 14.6. The third-order valence-electron chi connectivity index (χ3n) is 6.31. The van der Waals surface area contributed by atoms with Crippen molar-refractivity contribution >= 4 is 22.0 Å².